The zero-order chi connectivity index (χ0) is 17.0. The smallest absolute Gasteiger partial charge is 0.213 e. The fourth-order valence-electron chi connectivity index (χ4n) is 2.10. The summed E-state index contributed by atoms with van der Waals surface area (Å²) >= 11 is 0. The molecule has 0 aliphatic rings. The maximum absolute atomic E-state index is 8.86. The molecule has 0 aliphatic carbocycles. The minimum Gasteiger partial charge on any atom is -0.490 e. The lowest BCUT2D eigenvalue weighted by atomic mass is 10.2. The van der Waals surface area contributed by atoms with Crippen LogP contribution in [-0.2, 0) is 6.54 Å². The second kappa shape index (κ2) is 10.5. The molecule has 1 aromatic carbocycles. The van der Waals surface area contributed by atoms with Crippen molar-refractivity contribution in [3.05, 3.63) is 48.2 Å². The molecule has 1 aromatic heterocycles. The van der Waals surface area contributed by atoms with Crippen LogP contribution in [0, 0.1) is 0 Å². The van der Waals surface area contributed by atoms with Gasteiger partial charge in [-0.2, -0.15) is 0 Å². The molecule has 0 spiro atoms. The number of nitrogens with zero attached hydrogens (tertiary/aromatic N) is 1. The number of pyridine rings is 1. The van der Waals surface area contributed by atoms with Crippen LogP contribution in [0.5, 0.6) is 17.4 Å². The number of aromatic nitrogens is 1. The zero-order valence-electron chi connectivity index (χ0n) is 13.9. The van der Waals surface area contributed by atoms with Crippen molar-refractivity contribution >= 4 is 0 Å². The van der Waals surface area contributed by atoms with Gasteiger partial charge in [-0.05, 0) is 30.7 Å². The molecule has 6 heteroatoms. The quantitative estimate of drug-likeness (QED) is 0.613. The fourth-order valence-corrected chi connectivity index (χ4v) is 2.10. The fraction of sp³-hybridized carbons (Fsp3) is 0.389. The lowest BCUT2D eigenvalue weighted by Crippen LogP contribution is -2.20. The van der Waals surface area contributed by atoms with E-state index in [1.807, 2.05) is 43.3 Å². The number of hydrogen-bond donors (Lipinski definition) is 2. The number of aliphatic hydroxyl groups is 1. The van der Waals surface area contributed by atoms with Crippen LogP contribution in [0.25, 0.3) is 0 Å². The van der Waals surface area contributed by atoms with Crippen molar-refractivity contribution in [3.63, 3.8) is 0 Å². The van der Waals surface area contributed by atoms with Crippen LogP contribution in [-0.4, -0.2) is 43.1 Å². The molecule has 2 rings (SSSR count). The summed E-state index contributed by atoms with van der Waals surface area (Å²) in [6.45, 7) is 4.68. The van der Waals surface area contributed by atoms with Crippen LogP contribution < -0.4 is 19.5 Å². The number of nitrogens with one attached hydrogen (secondary N) is 1. The highest BCUT2D eigenvalue weighted by molar-refractivity contribution is 5.43. The van der Waals surface area contributed by atoms with Crippen molar-refractivity contribution < 1.29 is 19.3 Å². The minimum absolute atomic E-state index is 0.0227. The third-order valence-corrected chi connectivity index (χ3v) is 3.15. The predicted octanol–water partition coefficient (Wildman–Crippen LogP) is 2.02. The molecule has 0 saturated carbocycles. The Morgan fingerprint density at radius 2 is 1.96 bits per heavy atom. The second-order valence-electron chi connectivity index (χ2n) is 4.98. The normalized spacial score (nSPS) is 10.4. The van der Waals surface area contributed by atoms with Crippen molar-refractivity contribution in [3.8, 4) is 17.4 Å². The molecule has 0 amide bonds. The number of hydrogen-bond acceptors (Lipinski definition) is 6. The van der Waals surface area contributed by atoms with Crippen LogP contribution in [0.4, 0.5) is 0 Å². The monoisotopic (exact) mass is 332 g/mol. The van der Waals surface area contributed by atoms with E-state index in [0.717, 1.165) is 5.56 Å². The van der Waals surface area contributed by atoms with E-state index in [4.69, 9.17) is 19.3 Å². The van der Waals surface area contributed by atoms with Crippen LogP contribution in [0.3, 0.4) is 0 Å². The first-order chi connectivity index (χ1) is 11.8. The molecule has 2 aromatic rings. The van der Waals surface area contributed by atoms with Gasteiger partial charge in [0.05, 0.1) is 13.2 Å². The Morgan fingerprint density at radius 3 is 2.71 bits per heavy atom. The SMILES string of the molecule is CCOc1cc(CNCCOc2ccccn2)ccc1OCCO. The minimum atomic E-state index is -0.0227. The molecule has 0 radical (unpaired) electrons. The van der Waals surface area contributed by atoms with E-state index in [2.05, 4.69) is 10.3 Å². The van der Waals surface area contributed by atoms with Crippen molar-refractivity contribution in [2.75, 3.05) is 33.0 Å². The molecule has 130 valence electrons. The van der Waals surface area contributed by atoms with E-state index in [1.54, 1.807) is 6.20 Å². The molecule has 6 nitrogen and oxygen atoms in total. The summed E-state index contributed by atoms with van der Waals surface area (Å²) in [7, 11) is 0. The summed E-state index contributed by atoms with van der Waals surface area (Å²) in [6, 6.07) is 11.4. The average Bonchev–Trinajstić information content (AvgIpc) is 2.62. The number of ether oxygens (including phenoxy) is 3. The summed E-state index contributed by atoms with van der Waals surface area (Å²) in [6.07, 6.45) is 1.71. The Balaban J connectivity index is 1.78. The Labute approximate surface area is 142 Å². The van der Waals surface area contributed by atoms with Crippen LogP contribution in [0.2, 0.25) is 0 Å². The molecular formula is C18H24N2O4. The van der Waals surface area contributed by atoms with Crippen molar-refractivity contribution in [1.29, 1.82) is 0 Å². The third kappa shape index (κ3) is 6.06. The molecule has 0 unspecified atom stereocenters. The lowest BCUT2D eigenvalue weighted by Gasteiger charge is -2.13. The Bertz CT molecular complexity index is 593. The average molecular weight is 332 g/mol. The second-order valence-corrected chi connectivity index (χ2v) is 4.98. The molecule has 24 heavy (non-hydrogen) atoms. The van der Waals surface area contributed by atoms with Gasteiger partial charge in [0, 0.05) is 25.4 Å². The number of benzene rings is 1. The number of aliphatic hydroxyl groups excluding tert-OH is 1. The van der Waals surface area contributed by atoms with Gasteiger partial charge in [0.25, 0.3) is 0 Å². The van der Waals surface area contributed by atoms with Crippen LogP contribution in [0.1, 0.15) is 12.5 Å². The molecule has 0 atom stereocenters. The first-order valence-electron chi connectivity index (χ1n) is 8.07. The van der Waals surface area contributed by atoms with Crippen LogP contribution in [0.15, 0.2) is 42.6 Å². The van der Waals surface area contributed by atoms with E-state index in [0.29, 0.717) is 43.7 Å². The Morgan fingerprint density at radius 1 is 1.04 bits per heavy atom. The molecular weight excluding hydrogens is 308 g/mol. The van der Waals surface area contributed by atoms with E-state index in [-0.39, 0.29) is 13.2 Å². The van der Waals surface area contributed by atoms with Gasteiger partial charge in [-0.15, -0.1) is 0 Å². The maximum atomic E-state index is 8.86. The van der Waals surface area contributed by atoms with Gasteiger partial charge < -0.3 is 24.6 Å². The van der Waals surface area contributed by atoms with Gasteiger partial charge in [-0.1, -0.05) is 12.1 Å². The standard InChI is InChI=1S/C18H24N2O4/c1-2-22-17-13-15(6-7-16(17)23-12-10-21)14-19-9-11-24-18-5-3-4-8-20-18/h3-8,13,19,21H,2,9-12,14H2,1H3. The largest absolute Gasteiger partial charge is 0.490 e. The molecule has 2 N–H and O–H groups in total. The van der Waals surface area contributed by atoms with Gasteiger partial charge in [-0.25, -0.2) is 4.98 Å². The van der Waals surface area contributed by atoms with Crippen molar-refractivity contribution in [2.45, 2.75) is 13.5 Å². The van der Waals surface area contributed by atoms with E-state index in [9.17, 15) is 0 Å². The van der Waals surface area contributed by atoms with E-state index >= 15 is 0 Å². The van der Waals surface area contributed by atoms with Gasteiger partial charge >= 0.3 is 0 Å². The van der Waals surface area contributed by atoms with Gasteiger partial charge in [0.2, 0.25) is 5.88 Å². The van der Waals surface area contributed by atoms with Crippen molar-refractivity contribution in [1.82, 2.24) is 10.3 Å². The molecule has 0 aliphatic heterocycles. The van der Waals surface area contributed by atoms with E-state index < -0.39 is 0 Å². The Kier molecular flexibility index (Phi) is 7.86. The lowest BCUT2D eigenvalue weighted by molar-refractivity contribution is 0.194. The molecule has 1 heterocycles. The predicted molar refractivity (Wildman–Crippen MR) is 91.6 cm³/mol. The highest BCUT2D eigenvalue weighted by Gasteiger charge is 2.06. The summed E-state index contributed by atoms with van der Waals surface area (Å²) in [5.41, 5.74) is 1.09. The summed E-state index contributed by atoms with van der Waals surface area (Å²) in [4.78, 5) is 4.10. The van der Waals surface area contributed by atoms with Gasteiger partial charge in [0.1, 0.15) is 13.2 Å². The maximum Gasteiger partial charge on any atom is 0.213 e. The first-order valence-corrected chi connectivity index (χ1v) is 8.07. The molecule has 0 bridgehead atoms. The summed E-state index contributed by atoms with van der Waals surface area (Å²) in [5.74, 6) is 1.96. The van der Waals surface area contributed by atoms with Gasteiger partial charge in [0.15, 0.2) is 11.5 Å². The topological polar surface area (TPSA) is 72.8 Å². The molecule has 0 fully saturated rings. The number of rotatable bonds is 11. The zero-order valence-corrected chi connectivity index (χ0v) is 13.9. The third-order valence-electron chi connectivity index (χ3n) is 3.15. The van der Waals surface area contributed by atoms with E-state index in [1.165, 1.54) is 0 Å². The Hall–Kier alpha value is -2.31. The molecule has 0 saturated heterocycles. The highest BCUT2D eigenvalue weighted by Crippen LogP contribution is 2.28. The van der Waals surface area contributed by atoms with Gasteiger partial charge in [-0.3, -0.25) is 0 Å². The highest BCUT2D eigenvalue weighted by atomic mass is 16.5. The summed E-state index contributed by atoms with van der Waals surface area (Å²) in [5, 5.41) is 12.2. The summed E-state index contributed by atoms with van der Waals surface area (Å²) < 4.78 is 16.6. The van der Waals surface area contributed by atoms with Crippen molar-refractivity contribution in [2.24, 2.45) is 0 Å². The first kappa shape index (κ1) is 18.0. The van der Waals surface area contributed by atoms with Crippen LogP contribution >= 0.6 is 0 Å².